The lowest BCUT2D eigenvalue weighted by molar-refractivity contribution is 0.0952. The minimum Gasteiger partial charge on any atom is -0.352 e. The number of aromatic nitrogens is 3. The summed E-state index contributed by atoms with van der Waals surface area (Å²) in [6.07, 6.45) is 2.19. The molecule has 0 unspecified atom stereocenters. The molecule has 1 amide bonds. The molecule has 1 N–H and O–H groups in total. The van der Waals surface area contributed by atoms with Crippen molar-refractivity contribution < 1.29 is 9.18 Å². The van der Waals surface area contributed by atoms with E-state index in [-0.39, 0.29) is 17.3 Å². The molecule has 7 heteroatoms. The fourth-order valence-corrected chi connectivity index (χ4v) is 3.39. The standard InChI is InChI=1S/C23H21FN4O2/c1-16-20-5-2-3-6-21(20)26-28(16)14-4-13-25-23(30)17-7-12-22(29)27(15-17)19-10-8-18(24)9-11-19/h2-3,5-12,15H,4,13-14H2,1H3,(H,25,30). The summed E-state index contributed by atoms with van der Waals surface area (Å²) < 4.78 is 16.4. The molecule has 2 aromatic heterocycles. The quantitative estimate of drug-likeness (QED) is 0.501. The van der Waals surface area contributed by atoms with Crippen molar-refractivity contribution in [2.45, 2.75) is 19.9 Å². The summed E-state index contributed by atoms with van der Waals surface area (Å²) in [5.74, 6) is -0.658. The van der Waals surface area contributed by atoms with Gasteiger partial charge in [-0.15, -0.1) is 0 Å². The summed E-state index contributed by atoms with van der Waals surface area (Å²) in [5.41, 5.74) is 2.63. The number of fused-ring (bicyclic) bond motifs is 1. The first kappa shape index (κ1) is 19.6. The van der Waals surface area contributed by atoms with Gasteiger partial charge in [0.25, 0.3) is 11.5 Å². The van der Waals surface area contributed by atoms with Crippen LogP contribution >= 0.6 is 0 Å². The topological polar surface area (TPSA) is 68.9 Å². The summed E-state index contributed by atoms with van der Waals surface area (Å²) in [5, 5.41) is 8.59. The molecule has 0 bridgehead atoms. The fraction of sp³-hybridized carbons (Fsp3) is 0.174. The lowest BCUT2D eigenvalue weighted by atomic mass is 10.2. The van der Waals surface area contributed by atoms with E-state index in [4.69, 9.17) is 0 Å². The van der Waals surface area contributed by atoms with Gasteiger partial charge in [0.2, 0.25) is 0 Å². The highest BCUT2D eigenvalue weighted by Gasteiger charge is 2.10. The number of rotatable bonds is 6. The second-order valence-electron chi connectivity index (χ2n) is 7.04. The van der Waals surface area contributed by atoms with Crippen LogP contribution in [0.3, 0.4) is 0 Å². The number of pyridine rings is 1. The van der Waals surface area contributed by atoms with E-state index in [2.05, 4.69) is 10.4 Å². The van der Waals surface area contributed by atoms with E-state index < -0.39 is 0 Å². The maximum atomic E-state index is 13.1. The third-order valence-corrected chi connectivity index (χ3v) is 5.02. The van der Waals surface area contributed by atoms with Gasteiger partial charge in [0.15, 0.2) is 0 Å². The molecule has 2 aromatic carbocycles. The van der Waals surface area contributed by atoms with Gasteiger partial charge in [0.1, 0.15) is 5.82 Å². The van der Waals surface area contributed by atoms with Crippen molar-refractivity contribution in [2.24, 2.45) is 0 Å². The molecule has 0 aliphatic heterocycles. The first-order valence-electron chi connectivity index (χ1n) is 9.72. The van der Waals surface area contributed by atoms with Crippen LogP contribution in [0.2, 0.25) is 0 Å². The van der Waals surface area contributed by atoms with Crippen LogP contribution in [-0.2, 0) is 6.54 Å². The third-order valence-electron chi connectivity index (χ3n) is 5.02. The van der Waals surface area contributed by atoms with Crippen LogP contribution in [0.4, 0.5) is 4.39 Å². The number of nitrogens with one attached hydrogen (secondary N) is 1. The zero-order chi connectivity index (χ0) is 21.1. The average molecular weight is 404 g/mol. The molecule has 0 atom stereocenters. The SMILES string of the molecule is Cc1c2ccccc2nn1CCCNC(=O)c1ccc(=O)n(-c2ccc(F)cc2)c1. The van der Waals surface area contributed by atoms with Crippen LogP contribution in [0, 0.1) is 12.7 Å². The van der Waals surface area contributed by atoms with Crippen LogP contribution in [0.15, 0.2) is 71.7 Å². The van der Waals surface area contributed by atoms with E-state index in [1.54, 1.807) is 0 Å². The van der Waals surface area contributed by atoms with Gasteiger partial charge in [-0.05, 0) is 49.7 Å². The monoisotopic (exact) mass is 404 g/mol. The molecule has 0 radical (unpaired) electrons. The lowest BCUT2D eigenvalue weighted by Crippen LogP contribution is -2.27. The maximum absolute atomic E-state index is 13.1. The van der Waals surface area contributed by atoms with E-state index in [0.29, 0.717) is 24.3 Å². The Kier molecular flexibility index (Phi) is 5.43. The Bertz CT molecular complexity index is 1260. The van der Waals surface area contributed by atoms with E-state index in [9.17, 15) is 14.0 Å². The molecule has 152 valence electrons. The first-order chi connectivity index (χ1) is 14.5. The Hall–Kier alpha value is -3.74. The van der Waals surface area contributed by atoms with Gasteiger partial charge in [-0.1, -0.05) is 18.2 Å². The normalized spacial score (nSPS) is 11.0. The third kappa shape index (κ3) is 4.00. The first-order valence-corrected chi connectivity index (χ1v) is 9.72. The highest BCUT2D eigenvalue weighted by molar-refractivity contribution is 5.93. The number of hydrogen-bond acceptors (Lipinski definition) is 3. The van der Waals surface area contributed by atoms with E-state index in [1.807, 2.05) is 35.9 Å². The summed E-state index contributed by atoms with van der Waals surface area (Å²) in [6.45, 7) is 3.20. The Balaban J connectivity index is 1.39. The number of halogens is 1. The fourth-order valence-electron chi connectivity index (χ4n) is 3.39. The van der Waals surface area contributed by atoms with Crippen LogP contribution in [-0.4, -0.2) is 26.8 Å². The Morgan fingerprint density at radius 2 is 1.83 bits per heavy atom. The molecule has 0 aliphatic rings. The van der Waals surface area contributed by atoms with Crippen molar-refractivity contribution in [1.29, 1.82) is 0 Å². The number of hydrogen-bond donors (Lipinski definition) is 1. The molecule has 4 aromatic rings. The van der Waals surface area contributed by atoms with Crippen LogP contribution in [0.1, 0.15) is 22.5 Å². The van der Waals surface area contributed by atoms with Crippen LogP contribution < -0.4 is 10.9 Å². The van der Waals surface area contributed by atoms with E-state index >= 15 is 0 Å². The second kappa shape index (κ2) is 8.32. The van der Waals surface area contributed by atoms with Gasteiger partial charge in [-0.25, -0.2) is 4.39 Å². The second-order valence-corrected chi connectivity index (χ2v) is 7.04. The van der Waals surface area contributed by atoms with Gasteiger partial charge < -0.3 is 5.32 Å². The predicted octanol–water partition coefficient (Wildman–Crippen LogP) is 3.45. The number of carbonyl (C=O) groups excluding carboxylic acids is 1. The smallest absolute Gasteiger partial charge is 0.255 e. The Morgan fingerprint density at radius 1 is 1.07 bits per heavy atom. The van der Waals surface area contributed by atoms with Crippen molar-refractivity contribution >= 4 is 16.8 Å². The van der Waals surface area contributed by atoms with Gasteiger partial charge in [0.05, 0.1) is 11.1 Å². The maximum Gasteiger partial charge on any atom is 0.255 e. The van der Waals surface area contributed by atoms with Crippen molar-refractivity contribution in [3.05, 3.63) is 94.3 Å². The van der Waals surface area contributed by atoms with Crippen molar-refractivity contribution in [1.82, 2.24) is 19.7 Å². The largest absolute Gasteiger partial charge is 0.352 e. The Labute approximate surface area is 172 Å². The zero-order valence-corrected chi connectivity index (χ0v) is 16.5. The molecule has 0 spiro atoms. The van der Waals surface area contributed by atoms with Crippen molar-refractivity contribution in [3.63, 3.8) is 0 Å². The van der Waals surface area contributed by atoms with Gasteiger partial charge in [-0.2, -0.15) is 5.10 Å². The molecule has 2 heterocycles. The van der Waals surface area contributed by atoms with Gasteiger partial charge in [-0.3, -0.25) is 18.8 Å². The van der Waals surface area contributed by atoms with Crippen LogP contribution in [0.25, 0.3) is 16.6 Å². The summed E-state index contributed by atoms with van der Waals surface area (Å²) in [7, 11) is 0. The number of carbonyl (C=O) groups is 1. The van der Waals surface area contributed by atoms with Crippen LogP contribution in [0.5, 0.6) is 0 Å². The highest BCUT2D eigenvalue weighted by Crippen LogP contribution is 2.17. The number of aryl methyl sites for hydroxylation is 2. The molecule has 0 fully saturated rings. The summed E-state index contributed by atoms with van der Waals surface area (Å²) in [6, 6.07) is 16.3. The lowest BCUT2D eigenvalue weighted by Gasteiger charge is -2.09. The Morgan fingerprint density at radius 3 is 2.60 bits per heavy atom. The number of benzene rings is 2. The molecule has 6 nitrogen and oxygen atoms in total. The minimum atomic E-state index is -0.388. The summed E-state index contributed by atoms with van der Waals surface area (Å²) in [4.78, 5) is 24.6. The highest BCUT2D eigenvalue weighted by atomic mass is 19.1. The molecule has 30 heavy (non-hydrogen) atoms. The molecule has 4 rings (SSSR count). The average Bonchev–Trinajstić information content (AvgIpc) is 3.08. The van der Waals surface area contributed by atoms with Crippen molar-refractivity contribution in [3.8, 4) is 5.69 Å². The number of nitrogens with zero attached hydrogens (tertiary/aromatic N) is 3. The molecule has 0 saturated carbocycles. The van der Waals surface area contributed by atoms with Crippen molar-refractivity contribution in [2.75, 3.05) is 6.54 Å². The van der Waals surface area contributed by atoms with E-state index in [1.165, 1.54) is 47.2 Å². The molecule has 0 saturated heterocycles. The molecule has 0 aliphatic carbocycles. The van der Waals surface area contributed by atoms with E-state index in [0.717, 1.165) is 23.0 Å². The summed E-state index contributed by atoms with van der Waals surface area (Å²) >= 11 is 0. The minimum absolute atomic E-state index is 0.270. The zero-order valence-electron chi connectivity index (χ0n) is 16.5. The molecular weight excluding hydrogens is 383 g/mol. The predicted molar refractivity (Wildman–Crippen MR) is 113 cm³/mol. The molecular formula is C23H21FN4O2. The van der Waals surface area contributed by atoms with Gasteiger partial charge >= 0.3 is 0 Å². The van der Waals surface area contributed by atoms with Gasteiger partial charge in [0, 0.05) is 42.1 Å². The number of amides is 1.